The molecule has 0 aromatic rings. The van der Waals surface area contributed by atoms with Crippen molar-refractivity contribution >= 4 is 9.84 Å². The van der Waals surface area contributed by atoms with Gasteiger partial charge in [0.15, 0.2) is 9.84 Å². The molecule has 0 atom stereocenters. The summed E-state index contributed by atoms with van der Waals surface area (Å²) in [6.07, 6.45) is 7.04. The van der Waals surface area contributed by atoms with Gasteiger partial charge in [-0.1, -0.05) is 6.08 Å². The van der Waals surface area contributed by atoms with Crippen molar-refractivity contribution in [2.45, 2.75) is 0 Å². The molecule has 0 amide bonds. The smallest absolute Gasteiger partial charge is 0.190 e. The van der Waals surface area contributed by atoms with E-state index in [0.717, 1.165) is 0 Å². The minimum absolute atomic E-state index is 0.245. The van der Waals surface area contributed by atoms with E-state index in [4.69, 9.17) is 0 Å². The van der Waals surface area contributed by atoms with Gasteiger partial charge in [-0.2, -0.15) is 0 Å². The summed E-state index contributed by atoms with van der Waals surface area (Å²) in [4.78, 5) is 0. The maximum absolute atomic E-state index is 10.8. The first kappa shape index (κ1) is 7.34. The fourth-order valence-electron chi connectivity index (χ4n) is 0.634. The van der Waals surface area contributed by atoms with Crippen LogP contribution in [-0.2, 0) is 9.84 Å². The van der Waals surface area contributed by atoms with Crippen LogP contribution >= 0.6 is 0 Å². The minimum Gasteiger partial charge on any atom is -0.372 e. The van der Waals surface area contributed by atoms with E-state index in [1.54, 1.807) is 6.08 Å². The average molecular weight is 158 g/mol. The summed E-state index contributed by atoms with van der Waals surface area (Å²) in [5, 5.41) is 2.96. The maximum atomic E-state index is 10.8. The molecule has 3 nitrogen and oxygen atoms in total. The van der Waals surface area contributed by atoms with Gasteiger partial charge >= 0.3 is 0 Å². The Hall–Kier alpha value is -0.770. The van der Waals surface area contributed by atoms with Crippen molar-refractivity contribution in [1.82, 2.24) is 5.32 Å². The highest BCUT2D eigenvalue weighted by molar-refractivity contribution is 7.94. The van der Waals surface area contributed by atoms with E-state index in [2.05, 4.69) is 11.4 Å². The largest absolute Gasteiger partial charge is 0.372 e. The molecule has 0 saturated heterocycles. The Kier molecular flexibility index (Phi) is 1.80. The van der Waals surface area contributed by atoms with Gasteiger partial charge in [0.05, 0.1) is 0 Å². The first-order chi connectivity index (χ1) is 4.61. The molecule has 1 aliphatic rings. The van der Waals surface area contributed by atoms with Gasteiger partial charge in [0.1, 0.15) is 5.03 Å². The van der Waals surface area contributed by atoms with Gasteiger partial charge in [0.25, 0.3) is 0 Å². The van der Waals surface area contributed by atoms with Gasteiger partial charge in [-0.15, -0.1) is 0 Å². The Morgan fingerprint density at radius 2 is 2.40 bits per heavy atom. The van der Waals surface area contributed by atoms with Crippen molar-refractivity contribution in [2.24, 2.45) is 0 Å². The SMILES string of the molecule is CS(=O)(=O)C1=C[C]=CCN1. The molecule has 0 bridgehead atoms. The first-order valence-electron chi connectivity index (χ1n) is 2.82. The van der Waals surface area contributed by atoms with Crippen LogP contribution in [-0.4, -0.2) is 21.2 Å². The number of nitrogens with one attached hydrogen (secondary N) is 1. The third-order valence-corrected chi connectivity index (χ3v) is 2.17. The van der Waals surface area contributed by atoms with Crippen LogP contribution in [0.25, 0.3) is 0 Å². The van der Waals surface area contributed by atoms with E-state index in [1.165, 1.54) is 12.3 Å². The summed E-state index contributed by atoms with van der Waals surface area (Å²) in [5.74, 6) is 0. The molecule has 0 unspecified atom stereocenters. The Morgan fingerprint density at radius 1 is 1.70 bits per heavy atom. The predicted octanol–water partition coefficient (Wildman–Crippen LogP) is -0.165. The standard InChI is InChI=1S/C6H8NO2S/c1-10(8,9)6-4-2-3-5-7-6/h3-4,7H,5H2,1H3. The molecule has 0 aromatic carbocycles. The van der Waals surface area contributed by atoms with Crippen molar-refractivity contribution in [2.75, 3.05) is 12.8 Å². The van der Waals surface area contributed by atoms with E-state index < -0.39 is 9.84 Å². The van der Waals surface area contributed by atoms with Crippen molar-refractivity contribution in [3.8, 4) is 0 Å². The minimum atomic E-state index is -3.06. The number of hydrogen-bond acceptors (Lipinski definition) is 3. The van der Waals surface area contributed by atoms with E-state index in [0.29, 0.717) is 6.54 Å². The zero-order valence-corrected chi connectivity index (χ0v) is 6.40. The number of allylic oxidation sites excluding steroid dienone is 2. The zero-order chi connectivity index (χ0) is 7.61. The van der Waals surface area contributed by atoms with Crippen molar-refractivity contribution < 1.29 is 8.42 Å². The Labute approximate surface area is 60.4 Å². The molecular formula is C6H8NO2S. The summed E-state index contributed by atoms with van der Waals surface area (Å²) in [5.41, 5.74) is 0. The molecular weight excluding hydrogens is 150 g/mol. The van der Waals surface area contributed by atoms with Crippen LogP contribution in [0.5, 0.6) is 0 Å². The second kappa shape index (κ2) is 2.46. The second-order valence-corrected chi connectivity index (χ2v) is 4.02. The maximum Gasteiger partial charge on any atom is 0.190 e. The molecule has 0 spiro atoms. The molecule has 0 aliphatic carbocycles. The molecule has 0 saturated carbocycles. The Morgan fingerprint density at radius 3 is 2.70 bits per heavy atom. The molecule has 0 fully saturated rings. The Bertz CT molecular complexity index is 274. The summed E-state index contributed by atoms with van der Waals surface area (Å²) in [6, 6.07) is 0. The molecule has 4 heteroatoms. The average Bonchev–Trinajstić information content (AvgIpc) is 1.88. The highest BCUT2D eigenvalue weighted by atomic mass is 32.2. The highest BCUT2D eigenvalue weighted by Crippen LogP contribution is 2.02. The lowest BCUT2D eigenvalue weighted by atomic mass is 10.4. The third kappa shape index (κ3) is 1.60. The van der Waals surface area contributed by atoms with E-state index in [1.807, 2.05) is 0 Å². The van der Waals surface area contributed by atoms with Crippen LogP contribution in [0.15, 0.2) is 17.2 Å². The van der Waals surface area contributed by atoms with Crippen LogP contribution in [0.4, 0.5) is 0 Å². The number of sulfone groups is 1. The van der Waals surface area contributed by atoms with Crippen LogP contribution in [0, 0.1) is 6.08 Å². The first-order valence-corrected chi connectivity index (χ1v) is 4.71. The van der Waals surface area contributed by atoms with E-state index in [-0.39, 0.29) is 5.03 Å². The summed E-state index contributed by atoms with van der Waals surface area (Å²) in [6.45, 7) is 0.541. The van der Waals surface area contributed by atoms with Gasteiger partial charge in [-0.05, 0) is 12.2 Å². The van der Waals surface area contributed by atoms with Gasteiger partial charge in [-0.3, -0.25) is 0 Å². The molecule has 1 heterocycles. The summed E-state index contributed by atoms with van der Waals surface area (Å²) in [7, 11) is -3.06. The number of hydrogen-bond donors (Lipinski definition) is 1. The zero-order valence-electron chi connectivity index (χ0n) is 5.59. The molecule has 0 aromatic heterocycles. The van der Waals surface area contributed by atoms with Crippen LogP contribution in [0.3, 0.4) is 0 Å². The monoisotopic (exact) mass is 158 g/mol. The van der Waals surface area contributed by atoms with Crippen molar-refractivity contribution in [1.29, 1.82) is 0 Å². The van der Waals surface area contributed by atoms with Gasteiger partial charge in [0, 0.05) is 12.8 Å². The fraction of sp³-hybridized carbons (Fsp3) is 0.333. The second-order valence-electron chi connectivity index (χ2n) is 2.03. The fourth-order valence-corrected chi connectivity index (χ4v) is 1.26. The lowest BCUT2D eigenvalue weighted by molar-refractivity contribution is 0.603. The van der Waals surface area contributed by atoms with E-state index >= 15 is 0 Å². The molecule has 1 N–H and O–H groups in total. The van der Waals surface area contributed by atoms with Gasteiger partial charge in [-0.25, -0.2) is 8.42 Å². The number of dihydropyridines is 1. The summed E-state index contributed by atoms with van der Waals surface area (Å²) >= 11 is 0. The molecule has 55 valence electrons. The van der Waals surface area contributed by atoms with Crippen LogP contribution in [0.1, 0.15) is 0 Å². The lowest BCUT2D eigenvalue weighted by Gasteiger charge is -2.08. The Balaban J connectivity index is 2.93. The molecule has 1 rings (SSSR count). The van der Waals surface area contributed by atoms with Crippen LogP contribution in [0.2, 0.25) is 0 Å². The normalized spacial score (nSPS) is 17.9. The predicted molar refractivity (Wildman–Crippen MR) is 38.7 cm³/mol. The van der Waals surface area contributed by atoms with Gasteiger partial charge < -0.3 is 5.32 Å². The van der Waals surface area contributed by atoms with Crippen molar-refractivity contribution in [3.63, 3.8) is 0 Å². The molecule has 1 radical (unpaired) electrons. The third-order valence-electron chi connectivity index (χ3n) is 1.11. The van der Waals surface area contributed by atoms with Crippen LogP contribution < -0.4 is 5.32 Å². The molecule has 1 aliphatic heterocycles. The summed E-state index contributed by atoms with van der Waals surface area (Å²) < 4.78 is 21.6. The van der Waals surface area contributed by atoms with E-state index in [9.17, 15) is 8.42 Å². The van der Waals surface area contributed by atoms with Crippen molar-refractivity contribution in [3.05, 3.63) is 23.3 Å². The topological polar surface area (TPSA) is 46.2 Å². The highest BCUT2D eigenvalue weighted by Gasteiger charge is 2.09. The van der Waals surface area contributed by atoms with Gasteiger partial charge in [0.2, 0.25) is 0 Å². The lowest BCUT2D eigenvalue weighted by Crippen LogP contribution is -2.21. The molecule has 10 heavy (non-hydrogen) atoms. The number of rotatable bonds is 1. The quantitative estimate of drug-likeness (QED) is 0.576.